The number of nitrogens with one attached hydrogen (secondary N) is 1. The van der Waals surface area contributed by atoms with Crippen molar-refractivity contribution in [2.24, 2.45) is 11.7 Å². The molecule has 3 nitrogen and oxygen atoms in total. The van der Waals surface area contributed by atoms with Gasteiger partial charge < -0.3 is 10.5 Å². The molecule has 0 aromatic heterocycles. The first-order chi connectivity index (χ1) is 8.22. The number of thioether (sulfide) groups is 1. The number of hydrogen-bond donors (Lipinski definition) is 2. The summed E-state index contributed by atoms with van der Waals surface area (Å²) in [6.45, 7) is 0.725. The van der Waals surface area contributed by atoms with E-state index in [4.69, 9.17) is 15.9 Å². The van der Waals surface area contributed by atoms with Crippen LogP contribution in [0.2, 0.25) is 0 Å². The highest BCUT2D eigenvalue weighted by Crippen LogP contribution is 2.33. The molecule has 17 heavy (non-hydrogen) atoms. The van der Waals surface area contributed by atoms with E-state index in [1.54, 1.807) is 11.8 Å². The molecule has 2 rings (SSSR count). The van der Waals surface area contributed by atoms with Crippen LogP contribution in [0.15, 0.2) is 23.1 Å². The molecule has 0 heterocycles. The molecule has 1 aliphatic carbocycles. The number of rotatable bonds is 6. The smallest absolute Gasteiger partial charge is 0.131 e. The second kappa shape index (κ2) is 5.45. The Morgan fingerprint density at radius 3 is 2.88 bits per heavy atom. The third kappa shape index (κ3) is 3.16. The molecular formula is C13H18N2OS. The lowest BCUT2D eigenvalue weighted by molar-refractivity contribution is 0.301. The number of ether oxygens (including phenoxy) is 1. The predicted molar refractivity (Wildman–Crippen MR) is 72.1 cm³/mol. The van der Waals surface area contributed by atoms with E-state index in [-0.39, 0.29) is 5.84 Å². The fraction of sp³-hybridized carbons (Fsp3) is 0.462. The van der Waals surface area contributed by atoms with Crippen LogP contribution in [0.3, 0.4) is 0 Å². The monoisotopic (exact) mass is 250 g/mol. The molecule has 1 aromatic carbocycles. The van der Waals surface area contributed by atoms with Crippen LogP contribution in [0.1, 0.15) is 24.8 Å². The van der Waals surface area contributed by atoms with Crippen LogP contribution in [0, 0.1) is 11.3 Å². The minimum atomic E-state index is 0.0800. The van der Waals surface area contributed by atoms with Crippen molar-refractivity contribution >= 4 is 17.6 Å². The van der Waals surface area contributed by atoms with Gasteiger partial charge in [0.25, 0.3) is 0 Å². The quantitative estimate of drug-likeness (QED) is 0.463. The number of nitrogens with two attached hydrogens (primary N) is 1. The molecule has 0 atom stereocenters. The van der Waals surface area contributed by atoms with E-state index in [2.05, 4.69) is 0 Å². The Bertz CT molecular complexity index is 416. The van der Waals surface area contributed by atoms with E-state index in [1.165, 1.54) is 12.8 Å². The van der Waals surface area contributed by atoms with Gasteiger partial charge in [-0.1, -0.05) is 18.9 Å². The van der Waals surface area contributed by atoms with Crippen LogP contribution in [0.4, 0.5) is 0 Å². The normalized spacial score (nSPS) is 14.6. The molecule has 1 saturated carbocycles. The van der Waals surface area contributed by atoms with E-state index >= 15 is 0 Å². The fourth-order valence-corrected chi connectivity index (χ4v) is 2.44. The molecule has 0 amide bonds. The van der Waals surface area contributed by atoms with Gasteiger partial charge >= 0.3 is 0 Å². The van der Waals surface area contributed by atoms with Gasteiger partial charge in [-0.3, -0.25) is 5.41 Å². The van der Waals surface area contributed by atoms with Gasteiger partial charge in [0.15, 0.2) is 0 Å². The summed E-state index contributed by atoms with van der Waals surface area (Å²) in [5.74, 6) is 1.68. The zero-order chi connectivity index (χ0) is 12.3. The Hall–Kier alpha value is -1.16. The third-order valence-corrected chi connectivity index (χ3v) is 3.74. The molecule has 92 valence electrons. The fourth-order valence-electron chi connectivity index (χ4n) is 1.81. The zero-order valence-corrected chi connectivity index (χ0v) is 10.8. The molecule has 0 spiro atoms. The Morgan fingerprint density at radius 1 is 1.53 bits per heavy atom. The van der Waals surface area contributed by atoms with Crippen LogP contribution < -0.4 is 10.5 Å². The van der Waals surface area contributed by atoms with Crippen LogP contribution >= 0.6 is 11.8 Å². The Balaban J connectivity index is 2.09. The Labute approximate surface area is 106 Å². The average molecular weight is 250 g/mol. The van der Waals surface area contributed by atoms with Crippen molar-refractivity contribution in [3.05, 3.63) is 23.8 Å². The summed E-state index contributed by atoms with van der Waals surface area (Å²) in [4.78, 5) is 1.00. The molecule has 0 saturated heterocycles. The second-order valence-electron chi connectivity index (χ2n) is 4.33. The molecule has 3 N–H and O–H groups in total. The Morgan fingerprint density at radius 2 is 2.29 bits per heavy atom. The maximum atomic E-state index is 7.64. The van der Waals surface area contributed by atoms with E-state index in [0.717, 1.165) is 35.2 Å². The van der Waals surface area contributed by atoms with Gasteiger partial charge in [-0.2, -0.15) is 0 Å². The first-order valence-electron chi connectivity index (χ1n) is 5.86. The van der Waals surface area contributed by atoms with Crippen LogP contribution in [0.5, 0.6) is 5.75 Å². The third-order valence-electron chi connectivity index (χ3n) is 2.96. The van der Waals surface area contributed by atoms with Gasteiger partial charge in [0.2, 0.25) is 0 Å². The van der Waals surface area contributed by atoms with Gasteiger partial charge in [0, 0.05) is 4.90 Å². The maximum Gasteiger partial charge on any atom is 0.131 e. The van der Waals surface area contributed by atoms with Crippen molar-refractivity contribution in [2.45, 2.75) is 24.2 Å². The molecule has 0 radical (unpaired) electrons. The summed E-state index contributed by atoms with van der Waals surface area (Å²) in [6.07, 6.45) is 5.78. The van der Waals surface area contributed by atoms with Gasteiger partial charge in [0.05, 0.1) is 12.2 Å². The summed E-state index contributed by atoms with van der Waals surface area (Å²) in [5, 5.41) is 7.64. The summed E-state index contributed by atoms with van der Waals surface area (Å²) in [6, 6.07) is 5.81. The van der Waals surface area contributed by atoms with Crippen molar-refractivity contribution in [3.8, 4) is 5.75 Å². The lowest BCUT2D eigenvalue weighted by atomic mass is 10.2. The molecule has 1 fully saturated rings. The first kappa shape index (κ1) is 12.3. The topological polar surface area (TPSA) is 59.1 Å². The number of hydrogen-bond acceptors (Lipinski definition) is 3. The molecular weight excluding hydrogens is 232 g/mol. The SMILES string of the molecule is CSc1cccc(OCCC2CC2)c1C(=N)N. The lowest BCUT2D eigenvalue weighted by Gasteiger charge is -2.13. The molecule has 0 unspecified atom stereocenters. The molecule has 1 aromatic rings. The van der Waals surface area contributed by atoms with E-state index < -0.39 is 0 Å². The summed E-state index contributed by atoms with van der Waals surface area (Å²) in [5.41, 5.74) is 6.36. The van der Waals surface area contributed by atoms with Crippen molar-refractivity contribution in [2.75, 3.05) is 12.9 Å². The first-order valence-corrected chi connectivity index (χ1v) is 7.09. The number of benzene rings is 1. The molecule has 0 bridgehead atoms. The minimum Gasteiger partial charge on any atom is -0.493 e. The van der Waals surface area contributed by atoms with Crippen LogP contribution in [0.25, 0.3) is 0 Å². The highest BCUT2D eigenvalue weighted by Gasteiger charge is 2.21. The second-order valence-corrected chi connectivity index (χ2v) is 5.18. The average Bonchev–Trinajstić information content (AvgIpc) is 3.12. The van der Waals surface area contributed by atoms with Crippen molar-refractivity contribution in [1.82, 2.24) is 0 Å². The standard InChI is InChI=1S/C13H18N2OS/c1-17-11-4-2-3-10(12(11)13(14)15)16-8-7-9-5-6-9/h2-4,9H,5-8H2,1H3,(H3,14,15). The summed E-state index contributed by atoms with van der Waals surface area (Å²) >= 11 is 1.59. The van der Waals surface area contributed by atoms with Crippen LogP contribution in [-0.4, -0.2) is 18.7 Å². The van der Waals surface area contributed by atoms with Gasteiger partial charge in [-0.05, 0) is 30.7 Å². The van der Waals surface area contributed by atoms with Crippen molar-refractivity contribution in [3.63, 3.8) is 0 Å². The van der Waals surface area contributed by atoms with E-state index in [0.29, 0.717) is 0 Å². The van der Waals surface area contributed by atoms with Gasteiger partial charge in [-0.25, -0.2) is 0 Å². The zero-order valence-electron chi connectivity index (χ0n) is 10.0. The number of nitrogen functional groups attached to an aromatic ring is 1. The minimum absolute atomic E-state index is 0.0800. The van der Waals surface area contributed by atoms with Gasteiger partial charge in [-0.15, -0.1) is 11.8 Å². The van der Waals surface area contributed by atoms with E-state index in [1.807, 2.05) is 24.5 Å². The molecule has 1 aliphatic rings. The van der Waals surface area contributed by atoms with Crippen molar-refractivity contribution < 1.29 is 4.74 Å². The van der Waals surface area contributed by atoms with Gasteiger partial charge in [0.1, 0.15) is 11.6 Å². The summed E-state index contributed by atoms with van der Waals surface area (Å²) in [7, 11) is 0. The lowest BCUT2D eigenvalue weighted by Crippen LogP contribution is -2.15. The highest BCUT2D eigenvalue weighted by molar-refractivity contribution is 7.98. The predicted octanol–water partition coefficient (Wildman–Crippen LogP) is 2.87. The van der Waals surface area contributed by atoms with Crippen LogP contribution in [-0.2, 0) is 0 Å². The maximum absolute atomic E-state index is 7.64. The summed E-state index contributed by atoms with van der Waals surface area (Å²) < 4.78 is 5.76. The largest absolute Gasteiger partial charge is 0.493 e. The highest BCUT2D eigenvalue weighted by atomic mass is 32.2. The molecule has 4 heteroatoms. The van der Waals surface area contributed by atoms with Crippen molar-refractivity contribution in [1.29, 1.82) is 5.41 Å². The molecule has 0 aliphatic heterocycles. The van der Waals surface area contributed by atoms with E-state index in [9.17, 15) is 0 Å². The Kier molecular flexibility index (Phi) is 3.94. The number of amidine groups is 1.